The zero-order valence-electron chi connectivity index (χ0n) is 8.59. The van der Waals surface area contributed by atoms with E-state index >= 15 is 0 Å². The summed E-state index contributed by atoms with van der Waals surface area (Å²) in [6.07, 6.45) is 0.854. The largest absolute Gasteiger partial charge is 0.375 e. The molecule has 2 N–H and O–H groups in total. The number of hydrogen-bond acceptors (Lipinski definition) is 3. The van der Waals surface area contributed by atoms with Crippen LogP contribution in [-0.4, -0.2) is 18.8 Å². The zero-order valence-corrected chi connectivity index (χ0v) is 8.59. The van der Waals surface area contributed by atoms with Gasteiger partial charge in [-0.2, -0.15) is 0 Å². The van der Waals surface area contributed by atoms with Crippen LogP contribution in [0, 0.1) is 5.92 Å². The summed E-state index contributed by atoms with van der Waals surface area (Å²) in [6, 6.07) is 0. The normalized spacial score (nSPS) is 12.5. The van der Waals surface area contributed by atoms with E-state index in [0.29, 0.717) is 19.1 Å². The Labute approximate surface area is 75.2 Å². The monoisotopic (exact) mass is 175 g/mol. The van der Waals surface area contributed by atoms with Gasteiger partial charge in [0.2, 0.25) is 0 Å². The lowest BCUT2D eigenvalue weighted by atomic mass is 9.95. The Morgan fingerprint density at radius 3 is 2.25 bits per heavy atom. The molecule has 0 amide bonds. The molecule has 3 nitrogen and oxygen atoms in total. The molecule has 74 valence electrons. The van der Waals surface area contributed by atoms with Gasteiger partial charge in [0.1, 0.15) is 0 Å². The molecule has 0 aliphatic heterocycles. The van der Waals surface area contributed by atoms with Gasteiger partial charge in [0, 0.05) is 6.61 Å². The molecule has 0 aliphatic carbocycles. The van der Waals surface area contributed by atoms with E-state index in [9.17, 15) is 0 Å². The van der Waals surface area contributed by atoms with Crippen LogP contribution in [0.5, 0.6) is 0 Å². The SMILES string of the molecule is CC(C)C(C)(C)OCCCON. The Hall–Kier alpha value is -0.120. The molecule has 0 aromatic heterocycles. The zero-order chi connectivity index (χ0) is 9.61. The van der Waals surface area contributed by atoms with Crippen molar-refractivity contribution >= 4 is 0 Å². The Bertz CT molecular complexity index is 113. The highest BCUT2D eigenvalue weighted by Gasteiger charge is 2.22. The number of rotatable bonds is 6. The number of nitrogens with two attached hydrogens (primary N) is 1. The Kier molecular flexibility index (Phi) is 5.46. The van der Waals surface area contributed by atoms with E-state index in [2.05, 4.69) is 32.5 Å². The van der Waals surface area contributed by atoms with E-state index in [1.165, 1.54) is 0 Å². The van der Waals surface area contributed by atoms with Crippen molar-refractivity contribution in [2.24, 2.45) is 11.8 Å². The predicted molar refractivity (Wildman–Crippen MR) is 49.6 cm³/mol. The van der Waals surface area contributed by atoms with Crippen molar-refractivity contribution in [2.75, 3.05) is 13.2 Å². The van der Waals surface area contributed by atoms with E-state index in [0.717, 1.165) is 6.42 Å². The van der Waals surface area contributed by atoms with Gasteiger partial charge in [-0.3, -0.25) is 0 Å². The van der Waals surface area contributed by atoms with Gasteiger partial charge in [-0.05, 0) is 26.2 Å². The minimum atomic E-state index is -0.0470. The summed E-state index contributed by atoms with van der Waals surface area (Å²) < 4.78 is 5.66. The molecular weight excluding hydrogens is 154 g/mol. The molecule has 0 aliphatic rings. The van der Waals surface area contributed by atoms with E-state index < -0.39 is 0 Å². The molecule has 0 fully saturated rings. The molecule has 0 aromatic rings. The number of ether oxygens (including phenoxy) is 1. The van der Waals surface area contributed by atoms with Crippen LogP contribution >= 0.6 is 0 Å². The maximum absolute atomic E-state index is 5.66. The maximum atomic E-state index is 5.66. The first-order chi connectivity index (χ1) is 5.50. The maximum Gasteiger partial charge on any atom is 0.0701 e. The van der Waals surface area contributed by atoms with Crippen molar-refractivity contribution in [2.45, 2.75) is 39.7 Å². The topological polar surface area (TPSA) is 44.5 Å². The fourth-order valence-corrected chi connectivity index (χ4v) is 0.644. The van der Waals surface area contributed by atoms with Crippen molar-refractivity contribution in [1.82, 2.24) is 0 Å². The smallest absolute Gasteiger partial charge is 0.0701 e. The third-order valence-corrected chi connectivity index (χ3v) is 2.27. The highest BCUT2D eigenvalue weighted by atomic mass is 16.6. The van der Waals surface area contributed by atoms with Gasteiger partial charge < -0.3 is 9.57 Å². The molecule has 0 saturated heterocycles. The van der Waals surface area contributed by atoms with Crippen molar-refractivity contribution in [3.8, 4) is 0 Å². The molecule has 3 heteroatoms. The molecule has 0 aromatic carbocycles. The average molecular weight is 175 g/mol. The first-order valence-corrected chi connectivity index (χ1v) is 4.46. The van der Waals surface area contributed by atoms with E-state index in [1.54, 1.807) is 0 Å². The minimum Gasteiger partial charge on any atom is -0.375 e. The van der Waals surface area contributed by atoms with Gasteiger partial charge in [-0.1, -0.05) is 13.8 Å². The lowest BCUT2D eigenvalue weighted by Gasteiger charge is -2.29. The fourth-order valence-electron chi connectivity index (χ4n) is 0.644. The summed E-state index contributed by atoms with van der Waals surface area (Å²) >= 11 is 0. The van der Waals surface area contributed by atoms with Crippen LogP contribution in [0.1, 0.15) is 34.1 Å². The molecule has 0 bridgehead atoms. The van der Waals surface area contributed by atoms with E-state index in [4.69, 9.17) is 10.6 Å². The van der Waals surface area contributed by atoms with Crippen LogP contribution in [0.4, 0.5) is 0 Å². The van der Waals surface area contributed by atoms with Gasteiger partial charge in [0.25, 0.3) is 0 Å². The molecular formula is C9H21NO2. The summed E-state index contributed by atoms with van der Waals surface area (Å²) in [7, 11) is 0. The Balaban J connectivity index is 3.47. The summed E-state index contributed by atoms with van der Waals surface area (Å²) in [5, 5.41) is 0. The van der Waals surface area contributed by atoms with Gasteiger partial charge in [0.05, 0.1) is 12.2 Å². The predicted octanol–water partition coefficient (Wildman–Crippen LogP) is 1.72. The summed E-state index contributed by atoms with van der Waals surface area (Å²) in [4.78, 5) is 4.44. The molecule has 0 atom stereocenters. The van der Waals surface area contributed by atoms with Crippen molar-refractivity contribution in [1.29, 1.82) is 0 Å². The summed E-state index contributed by atoms with van der Waals surface area (Å²) in [6.45, 7) is 9.78. The molecule has 0 rings (SSSR count). The van der Waals surface area contributed by atoms with Crippen molar-refractivity contribution in [3.05, 3.63) is 0 Å². The lowest BCUT2D eigenvalue weighted by Crippen LogP contribution is -2.31. The van der Waals surface area contributed by atoms with Gasteiger partial charge in [0.15, 0.2) is 0 Å². The lowest BCUT2D eigenvalue weighted by molar-refractivity contribution is -0.0568. The second kappa shape index (κ2) is 5.51. The Morgan fingerprint density at radius 1 is 1.25 bits per heavy atom. The highest BCUT2D eigenvalue weighted by Crippen LogP contribution is 2.20. The molecule has 0 radical (unpaired) electrons. The van der Waals surface area contributed by atoms with Crippen LogP contribution in [0.15, 0.2) is 0 Å². The van der Waals surface area contributed by atoms with Crippen LogP contribution in [0.2, 0.25) is 0 Å². The quantitative estimate of drug-likeness (QED) is 0.494. The van der Waals surface area contributed by atoms with Crippen LogP contribution in [0.3, 0.4) is 0 Å². The van der Waals surface area contributed by atoms with Gasteiger partial charge in [-0.15, -0.1) is 0 Å². The molecule has 12 heavy (non-hydrogen) atoms. The first kappa shape index (κ1) is 11.9. The molecule has 0 saturated carbocycles. The molecule has 0 unspecified atom stereocenters. The molecule has 0 heterocycles. The van der Waals surface area contributed by atoms with Gasteiger partial charge >= 0.3 is 0 Å². The highest BCUT2D eigenvalue weighted by molar-refractivity contribution is 4.72. The standard InChI is InChI=1S/C9H21NO2/c1-8(2)9(3,4)11-6-5-7-12-10/h8H,5-7,10H2,1-4H3. The average Bonchev–Trinajstić information content (AvgIpc) is 1.98. The third kappa shape index (κ3) is 4.70. The fraction of sp³-hybridized carbons (Fsp3) is 1.00. The third-order valence-electron chi connectivity index (χ3n) is 2.27. The summed E-state index contributed by atoms with van der Waals surface area (Å²) in [5.74, 6) is 5.41. The van der Waals surface area contributed by atoms with Crippen LogP contribution < -0.4 is 5.90 Å². The number of hydrogen-bond donors (Lipinski definition) is 1. The van der Waals surface area contributed by atoms with Crippen LogP contribution in [-0.2, 0) is 9.57 Å². The van der Waals surface area contributed by atoms with E-state index in [-0.39, 0.29) is 5.60 Å². The second-order valence-electron chi connectivity index (χ2n) is 3.83. The van der Waals surface area contributed by atoms with Gasteiger partial charge in [-0.25, -0.2) is 5.90 Å². The van der Waals surface area contributed by atoms with Crippen molar-refractivity contribution in [3.63, 3.8) is 0 Å². The minimum absolute atomic E-state index is 0.0470. The second-order valence-corrected chi connectivity index (χ2v) is 3.83. The Morgan fingerprint density at radius 2 is 1.83 bits per heavy atom. The first-order valence-electron chi connectivity index (χ1n) is 4.46. The summed E-state index contributed by atoms with van der Waals surface area (Å²) in [5.41, 5.74) is -0.0470. The van der Waals surface area contributed by atoms with E-state index in [1.807, 2.05) is 0 Å². The van der Waals surface area contributed by atoms with Crippen molar-refractivity contribution < 1.29 is 9.57 Å². The van der Waals surface area contributed by atoms with Crippen LogP contribution in [0.25, 0.3) is 0 Å². The molecule has 0 spiro atoms.